The summed E-state index contributed by atoms with van der Waals surface area (Å²) in [4.78, 5) is 13.4. The van der Waals surface area contributed by atoms with Gasteiger partial charge in [-0.05, 0) is 82.6 Å². The number of carbonyl (C=O) groups excluding carboxylic acids is 1. The third-order valence-corrected chi connectivity index (χ3v) is 10.8. The first-order chi connectivity index (χ1) is 19.4. The molecule has 3 aliphatic rings. The molecule has 2 aromatic heterocycles. The van der Waals surface area contributed by atoms with Crippen molar-refractivity contribution >= 4 is 38.8 Å². The number of hydrogen-bond acceptors (Lipinski definition) is 8. The van der Waals surface area contributed by atoms with Crippen molar-refractivity contribution in [3.05, 3.63) is 54.2 Å². The summed E-state index contributed by atoms with van der Waals surface area (Å²) in [6.45, 7) is 2.72. The summed E-state index contributed by atoms with van der Waals surface area (Å²) in [6.07, 6.45) is 10.7. The number of nitrogens with zero attached hydrogens (tertiary/aromatic N) is 2. The number of anilines is 2. The highest BCUT2D eigenvalue weighted by Crippen LogP contribution is 2.42. The Bertz CT molecular complexity index is 1520. The standard InChI is InChI=1S/C29H34N4O5S2/c1-19-17-26(32-33(19)27-9-5-6-16-37-27)30-21-10-13-23(25(18-21)40(35,36)22-11-12-22)24-14-15-28(39-24)38-29(34)31-20-7-3-2-4-8-20/h2-3,10,13-15,17-18,20,22,27H,4-9,11-12,16H2,1H3,(H,30,32)(H,31,34). The number of amides is 1. The molecule has 6 rings (SSSR count). The van der Waals surface area contributed by atoms with Gasteiger partial charge >= 0.3 is 6.09 Å². The minimum atomic E-state index is -3.52. The number of sulfone groups is 1. The normalized spacial score (nSPS) is 21.2. The Hall–Kier alpha value is -3.15. The van der Waals surface area contributed by atoms with Crippen molar-refractivity contribution in [1.82, 2.24) is 15.1 Å². The number of nitrogens with one attached hydrogen (secondary N) is 2. The van der Waals surface area contributed by atoms with Crippen LogP contribution in [0.5, 0.6) is 5.06 Å². The summed E-state index contributed by atoms with van der Waals surface area (Å²) in [7, 11) is -3.52. The van der Waals surface area contributed by atoms with Crippen molar-refractivity contribution in [3.8, 4) is 15.5 Å². The number of hydrogen-bond donors (Lipinski definition) is 2. The van der Waals surface area contributed by atoms with E-state index in [1.165, 1.54) is 11.3 Å². The molecule has 1 aromatic carbocycles. The topological polar surface area (TPSA) is 112 Å². The number of aromatic nitrogens is 2. The van der Waals surface area contributed by atoms with E-state index in [4.69, 9.17) is 14.6 Å². The van der Waals surface area contributed by atoms with Crippen molar-refractivity contribution in [2.24, 2.45) is 0 Å². The first kappa shape index (κ1) is 27.0. The fourth-order valence-corrected chi connectivity index (χ4v) is 8.08. The molecule has 1 saturated heterocycles. The third kappa shape index (κ3) is 5.96. The maximum absolute atomic E-state index is 13.5. The molecule has 2 unspecified atom stereocenters. The molecule has 0 radical (unpaired) electrons. The van der Waals surface area contributed by atoms with Crippen LogP contribution >= 0.6 is 11.3 Å². The van der Waals surface area contributed by atoms with Crippen LogP contribution in [-0.2, 0) is 14.6 Å². The van der Waals surface area contributed by atoms with E-state index >= 15 is 0 Å². The van der Waals surface area contributed by atoms with E-state index in [9.17, 15) is 13.2 Å². The van der Waals surface area contributed by atoms with E-state index in [-0.39, 0.29) is 22.4 Å². The number of thiophene rings is 1. The fourth-order valence-electron chi connectivity index (χ4n) is 5.23. The molecule has 11 heteroatoms. The lowest BCUT2D eigenvalue weighted by atomic mass is 10.0. The first-order valence-corrected chi connectivity index (χ1v) is 16.3. The maximum atomic E-state index is 13.5. The molecule has 40 heavy (non-hydrogen) atoms. The molecule has 2 N–H and O–H groups in total. The van der Waals surface area contributed by atoms with E-state index in [1.54, 1.807) is 18.2 Å². The summed E-state index contributed by atoms with van der Waals surface area (Å²) in [5, 5.41) is 11.0. The van der Waals surface area contributed by atoms with Crippen molar-refractivity contribution in [1.29, 1.82) is 0 Å². The van der Waals surface area contributed by atoms with Crippen molar-refractivity contribution < 1.29 is 22.7 Å². The lowest BCUT2D eigenvalue weighted by molar-refractivity contribution is -0.0404. The molecule has 0 spiro atoms. The molecule has 2 atom stereocenters. The Morgan fingerprint density at radius 2 is 1.98 bits per heavy atom. The summed E-state index contributed by atoms with van der Waals surface area (Å²) in [5.41, 5.74) is 2.23. The minimum absolute atomic E-state index is 0.0673. The smallest absolute Gasteiger partial charge is 0.399 e. The van der Waals surface area contributed by atoms with Crippen LogP contribution in [0.2, 0.25) is 0 Å². The van der Waals surface area contributed by atoms with Gasteiger partial charge in [-0.1, -0.05) is 29.6 Å². The molecule has 0 bridgehead atoms. The van der Waals surface area contributed by atoms with Crippen molar-refractivity contribution in [2.75, 3.05) is 11.9 Å². The van der Waals surface area contributed by atoms with Crippen LogP contribution in [-0.4, -0.2) is 42.2 Å². The molecule has 3 aromatic rings. The predicted molar refractivity (Wildman–Crippen MR) is 155 cm³/mol. The van der Waals surface area contributed by atoms with Crippen LogP contribution in [0.3, 0.4) is 0 Å². The summed E-state index contributed by atoms with van der Waals surface area (Å²) >= 11 is 1.26. The average Bonchev–Trinajstić information content (AvgIpc) is 3.63. The minimum Gasteiger partial charge on any atom is -0.399 e. The Kier molecular flexibility index (Phi) is 7.69. The van der Waals surface area contributed by atoms with E-state index < -0.39 is 15.9 Å². The Balaban J connectivity index is 1.23. The molecule has 9 nitrogen and oxygen atoms in total. The van der Waals surface area contributed by atoms with Gasteiger partial charge in [0.1, 0.15) is 0 Å². The SMILES string of the molecule is Cc1cc(Nc2ccc(-c3ccc(OC(=O)NC4CC=CCC4)s3)c(S(=O)(=O)C3CC3)c2)nn1C1CCCCO1. The summed E-state index contributed by atoms with van der Waals surface area (Å²) in [5.74, 6) is 0.639. The van der Waals surface area contributed by atoms with Gasteiger partial charge in [0.15, 0.2) is 26.9 Å². The molecular formula is C29H34N4O5S2. The fraction of sp³-hybridized carbons (Fsp3) is 0.448. The zero-order chi connectivity index (χ0) is 27.7. The highest BCUT2D eigenvalue weighted by Gasteiger charge is 2.38. The second-order valence-electron chi connectivity index (χ2n) is 10.7. The van der Waals surface area contributed by atoms with Crippen molar-refractivity contribution in [3.63, 3.8) is 0 Å². The van der Waals surface area contributed by atoms with Crippen molar-refractivity contribution in [2.45, 2.75) is 80.7 Å². The molecule has 3 heterocycles. The first-order valence-electron chi connectivity index (χ1n) is 13.9. The quantitative estimate of drug-likeness (QED) is 0.292. The van der Waals surface area contributed by atoms with Gasteiger partial charge in [-0.25, -0.2) is 17.9 Å². The third-order valence-electron chi connectivity index (χ3n) is 7.51. The van der Waals surface area contributed by atoms with Gasteiger partial charge in [0.05, 0.1) is 10.1 Å². The Morgan fingerprint density at radius 3 is 2.73 bits per heavy atom. The van der Waals surface area contributed by atoms with E-state index in [1.807, 2.05) is 29.8 Å². The second kappa shape index (κ2) is 11.4. The summed E-state index contributed by atoms with van der Waals surface area (Å²) in [6, 6.07) is 10.9. The summed E-state index contributed by atoms with van der Waals surface area (Å²) < 4.78 is 40.3. The number of carbonyl (C=O) groups is 1. The van der Waals surface area contributed by atoms with Gasteiger partial charge in [-0.3, -0.25) is 0 Å². The predicted octanol–water partition coefficient (Wildman–Crippen LogP) is 6.50. The molecule has 1 aliphatic heterocycles. The van der Waals surface area contributed by atoms with E-state index in [0.717, 1.165) is 55.7 Å². The number of allylic oxidation sites excluding steroid dienone is 1. The van der Waals surface area contributed by atoms with Crippen LogP contribution in [0.4, 0.5) is 16.3 Å². The van der Waals surface area contributed by atoms with Gasteiger partial charge in [-0.2, -0.15) is 5.10 Å². The zero-order valence-corrected chi connectivity index (χ0v) is 24.1. The molecular weight excluding hydrogens is 548 g/mol. The Morgan fingerprint density at radius 1 is 1.10 bits per heavy atom. The van der Waals surface area contributed by atoms with E-state index in [0.29, 0.717) is 35.0 Å². The highest BCUT2D eigenvalue weighted by molar-refractivity contribution is 7.92. The largest absolute Gasteiger partial charge is 0.413 e. The number of aryl methyl sites for hydroxylation is 1. The van der Waals surface area contributed by atoms with Crippen LogP contribution in [0.15, 0.2) is 53.4 Å². The molecule has 1 amide bonds. The van der Waals surface area contributed by atoms with Gasteiger partial charge in [0.2, 0.25) is 0 Å². The molecule has 212 valence electrons. The molecule has 1 saturated carbocycles. The number of rotatable bonds is 8. The van der Waals surface area contributed by atoms with Gasteiger partial charge in [0, 0.05) is 40.5 Å². The van der Waals surface area contributed by atoms with Crippen LogP contribution < -0.4 is 15.4 Å². The number of ether oxygens (including phenoxy) is 2. The van der Waals surface area contributed by atoms with Crippen LogP contribution in [0, 0.1) is 6.92 Å². The van der Waals surface area contributed by atoms with Crippen LogP contribution in [0.25, 0.3) is 10.4 Å². The maximum Gasteiger partial charge on any atom is 0.413 e. The number of benzene rings is 1. The zero-order valence-electron chi connectivity index (χ0n) is 22.5. The highest BCUT2D eigenvalue weighted by atomic mass is 32.2. The van der Waals surface area contributed by atoms with Gasteiger partial charge in [0.25, 0.3) is 0 Å². The van der Waals surface area contributed by atoms with E-state index in [2.05, 4.69) is 22.8 Å². The average molecular weight is 583 g/mol. The van der Waals surface area contributed by atoms with Crippen LogP contribution in [0.1, 0.15) is 63.3 Å². The Labute approximate surface area is 238 Å². The lowest BCUT2D eigenvalue weighted by Crippen LogP contribution is -2.37. The monoisotopic (exact) mass is 582 g/mol. The molecule has 2 fully saturated rings. The lowest BCUT2D eigenvalue weighted by Gasteiger charge is -2.23. The second-order valence-corrected chi connectivity index (χ2v) is 13.9. The van der Waals surface area contributed by atoms with Gasteiger partial charge < -0.3 is 20.1 Å². The van der Waals surface area contributed by atoms with Gasteiger partial charge in [-0.15, -0.1) is 0 Å². The molecule has 2 aliphatic carbocycles.